The molecule has 1 N–H and O–H groups in total. The summed E-state index contributed by atoms with van der Waals surface area (Å²) in [6.45, 7) is 5.29. The lowest BCUT2D eigenvalue weighted by molar-refractivity contribution is -0.129. The van der Waals surface area contributed by atoms with E-state index in [2.05, 4.69) is 5.32 Å². The van der Waals surface area contributed by atoms with Crippen molar-refractivity contribution in [2.45, 2.75) is 20.8 Å². The second-order valence-corrected chi connectivity index (χ2v) is 7.61. The van der Waals surface area contributed by atoms with Crippen LogP contribution in [0, 0.1) is 5.41 Å². The van der Waals surface area contributed by atoms with Crippen LogP contribution in [0.15, 0.2) is 35.4 Å². The number of para-hydroxylation sites is 2. The Labute approximate surface area is 151 Å². The Bertz CT molecular complexity index is 722. The van der Waals surface area contributed by atoms with E-state index in [1.165, 1.54) is 29.8 Å². The minimum Gasteiger partial charge on any atom is -0.495 e. The van der Waals surface area contributed by atoms with Gasteiger partial charge in [-0.1, -0.05) is 44.7 Å². The summed E-state index contributed by atoms with van der Waals surface area (Å²) in [5.74, 6) is 0.143. The number of rotatable bonds is 5. The average Bonchev–Trinajstić information content (AvgIpc) is 2.87. The lowest BCUT2D eigenvalue weighted by Gasteiger charge is -2.19. The molecule has 0 saturated carbocycles. The van der Waals surface area contributed by atoms with Crippen molar-refractivity contribution < 1.29 is 19.1 Å². The molecule has 1 aromatic carbocycles. The second-order valence-electron chi connectivity index (χ2n) is 6.61. The highest BCUT2D eigenvalue weighted by atomic mass is 32.2. The number of carbonyl (C=O) groups excluding carboxylic acids is 3. The van der Waals surface area contributed by atoms with E-state index in [4.69, 9.17) is 4.74 Å². The summed E-state index contributed by atoms with van der Waals surface area (Å²) in [7, 11) is 1.52. The maximum absolute atomic E-state index is 12.3. The predicted molar refractivity (Wildman–Crippen MR) is 98.3 cm³/mol. The molecule has 1 aliphatic rings. The van der Waals surface area contributed by atoms with E-state index in [0.29, 0.717) is 16.5 Å². The maximum atomic E-state index is 12.3. The zero-order valence-corrected chi connectivity index (χ0v) is 15.6. The van der Waals surface area contributed by atoms with Crippen molar-refractivity contribution in [2.24, 2.45) is 5.41 Å². The highest BCUT2D eigenvalue weighted by molar-refractivity contribution is 8.04. The highest BCUT2D eigenvalue weighted by Gasteiger charge is 2.30. The number of nitrogens with zero attached hydrogens (tertiary/aromatic N) is 1. The summed E-state index contributed by atoms with van der Waals surface area (Å²) in [6, 6.07) is 7.04. The van der Waals surface area contributed by atoms with Gasteiger partial charge in [0.05, 0.1) is 23.6 Å². The van der Waals surface area contributed by atoms with Gasteiger partial charge in [-0.15, -0.1) is 0 Å². The molecule has 134 valence electrons. The van der Waals surface area contributed by atoms with E-state index >= 15 is 0 Å². The molecular weight excluding hydrogens is 340 g/mol. The number of ether oxygens (including phenoxy) is 1. The van der Waals surface area contributed by atoms with Gasteiger partial charge in [0.15, 0.2) is 5.78 Å². The molecule has 1 fully saturated rings. The topological polar surface area (TPSA) is 75.7 Å². The van der Waals surface area contributed by atoms with Crippen molar-refractivity contribution in [1.82, 2.24) is 4.90 Å². The van der Waals surface area contributed by atoms with Crippen LogP contribution in [0.3, 0.4) is 0 Å². The van der Waals surface area contributed by atoms with E-state index in [9.17, 15) is 14.4 Å². The molecule has 6 nitrogen and oxygen atoms in total. The molecule has 1 saturated heterocycles. The smallest absolute Gasteiger partial charge is 0.244 e. The summed E-state index contributed by atoms with van der Waals surface area (Å²) in [5, 5.41) is 3.25. The average molecular weight is 362 g/mol. The fraction of sp³-hybridized carbons (Fsp3) is 0.389. The van der Waals surface area contributed by atoms with Crippen molar-refractivity contribution in [3.05, 3.63) is 35.4 Å². The van der Waals surface area contributed by atoms with Gasteiger partial charge in [-0.2, -0.15) is 0 Å². The van der Waals surface area contributed by atoms with Crippen molar-refractivity contribution in [1.29, 1.82) is 0 Å². The number of nitrogens with one attached hydrogen (secondary N) is 1. The molecule has 0 atom stereocenters. The molecule has 25 heavy (non-hydrogen) atoms. The fourth-order valence-electron chi connectivity index (χ4n) is 2.11. The number of amides is 2. The largest absolute Gasteiger partial charge is 0.495 e. The van der Waals surface area contributed by atoms with E-state index in [1.807, 2.05) is 20.8 Å². The molecular formula is C18H22N2O4S. The molecule has 1 aliphatic heterocycles. The molecule has 0 bridgehead atoms. The quantitative estimate of drug-likeness (QED) is 0.815. The Morgan fingerprint density at radius 3 is 2.64 bits per heavy atom. The summed E-state index contributed by atoms with van der Waals surface area (Å²) in [4.78, 5) is 37.9. The highest BCUT2D eigenvalue weighted by Crippen LogP contribution is 2.30. The van der Waals surface area contributed by atoms with Gasteiger partial charge in [0, 0.05) is 11.5 Å². The van der Waals surface area contributed by atoms with Gasteiger partial charge in [-0.05, 0) is 12.1 Å². The molecule has 1 aromatic rings. The summed E-state index contributed by atoms with van der Waals surface area (Å²) in [6.07, 6.45) is 1.45. The van der Waals surface area contributed by atoms with Crippen LogP contribution in [0.1, 0.15) is 20.8 Å². The van der Waals surface area contributed by atoms with Crippen LogP contribution < -0.4 is 10.1 Å². The number of hydrogen-bond donors (Lipinski definition) is 1. The van der Waals surface area contributed by atoms with Gasteiger partial charge in [-0.25, -0.2) is 0 Å². The second kappa shape index (κ2) is 7.74. The number of allylic oxidation sites excluding steroid dienone is 1. The number of anilines is 1. The van der Waals surface area contributed by atoms with Crippen LogP contribution in [0.25, 0.3) is 0 Å². The minimum atomic E-state index is -0.537. The number of methoxy groups -OCH3 is 1. The van der Waals surface area contributed by atoms with Crippen LogP contribution in [-0.4, -0.2) is 41.9 Å². The molecule has 0 aliphatic carbocycles. The zero-order valence-electron chi connectivity index (χ0n) is 14.8. The van der Waals surface area contributed by atoms with Crippen molar-refractivity contribution >= 4 is 35.0 Å². The fourth-order valence-corrected chi connectivity index (χ4v) is 3.05. The van der Waals surface area contributed by atoms with Gasteiger partial charge in [0.1, 0.15) is 12.3 Å². The zero-order chi connectivity index (χ0) is 18.6. The Balaban J connectivity index is 2.11. The Hall–Kier alpha value is -2.28. The monoisotopic (exact) mass is 362 g/mol. The van der Waals surface area contributed by atoms with Gasteiger partial charge in [0.2, 0.25) is 11.8 Å². The third kappa shape index (κ3) is 4.85. The first-order valence-electron chi connectivity index (χ1n) is 7.84. The van der Waals surface area contributed by atoms with Crippen LogP contribution in [0.2, 0.25) is 0 Å². The Morgan fingerprint density at radius 2 is 2.00 bits per heavy atom. The van der Waals surface area contributed by atoms with E-state index in [0.717, 1.165) is 0 Å². The van der Waals surface area contributed by atoms with E-state index in [-0.39, 0.29) is 29.9 Å². The Kier molecular flexibility index (Phi) is 5.89. The SMILES string of the molecule is COc1ccccc1NC(=O)CN1C(=O)CS/C1=C\C(=O)C(C)(C)C. The molecule has 2 rings (SSSR count). The number of benzene rings is 1. The minimum absolute atomic E-state index is 0.0835. The number of thioether (sulfide) groups is 1. The number of hydrogen-bond acceptors (Lipinski definition) is 5. The van der Waals surface area contributed by atoms with Crippen molar-refractivity contribution in [2.75, 3.05) is 24.7 Å². The van der Waals surface area contributed by atoms with Gasteiger partial charge >= 0.3 is 0 Å². The lowest BCUT2D eigenvalue weighted by Crippen LogP contribution is -2.34. The molecule has 0 unspecified atom stereocenters. The molecule has 0 spiro atoms. The molecule has 1 heterocycles. The van der Waals surface area contributed by atoms with Crippen LogP contribution >= 0.6 is 11.8 Å². The van der Waals surface area contributed by atoms with E-state index < -0.39 is 5.41 Å². The van der Waals surface area contributed by atoms with Gasteiger partial charge in [0.25, 0.3) is 0 Å². The van der Waals surface area contributed by atoms with Crippen LogP contribution in [-0.2, 0) is 14.4 Å². The van der Waals surface area contributed by atoms with Gasteiger partial charge < -0.3 is 10.1 Å². The molecule has 2 amide bonds. The molecule has 0 radical (unpaired) electrons. The van der Waals surface area contributed by atoms with Crippen molar-refractivity contribution in [3.8, 4) is 5.75 Å². The molecule has 7 heteroatoms. The normalized spacial score (nSPS) is 16.2. The standard InChI is InChI=1S/C18H22N2O4S/c1-18(2,3)14(21)9-17-20(16(23)11-25-17)10-15(22)19-12-7-5-6-8-13(12)24-4/h5-9H,10-11H2,1-4H3,(H,19,22)/b17-9-. The number of carbonyl (C=O) groups is 3. The van der Waals surface area contributed by atoms with Crippen LogP contribution in [0.5, 0.6) is 5.75 Å². The third-order valence-corrected chi connectivity index (χ3v) is 4.61. The first-order valence-corrected chi connectivity index (χ1v) is 8.83. The predicted octanol–water partition coefficient (Wildman–Crippen LogP) is 2.67. The number of ketones is 1. The van der Waals surface area contributed by atoms with Crippen LogP contribution in [0.4, 0.5) is 5.69 Å². The summed E-state index contributed by atoms with van der Waals surface area (Å²) in [5.41, 5.74) is -0.00421. The first kappa shape index (κ1) is 19.1. The summed E-state index contributed by atoms with van der Waals surface area (Å²) >= 11 is 1.27. The molecule has 0 aromatic heterocycles. The van der Waals surface area contributed by atoms with E-state index in [1.54, 1.807) is 24.3 Å². The lowest BCUT2D eigenvalue weighted by atomic mass is 9.91. The summed E-state index contributed by atoms with van der Waals surface area (Å²) < 4.78 is 5.19. The third-order valence-electron chi connectivity index (χ3n) is 3.59. The Morgan fingerprint density at radius 1 is 1.32 bits per heavy atom. The van der Waals surface area contributed by atoms with Gasteiger partial charge in [-0.3, -0.25) is 19.3 Å². The van der Waals surface area contributed by atoms with Crippen molar-refractivity contribution in [3.63, 3.8) is 0 Å². The maximum Gasteiger partial charge on any atom is 0.244 e. The first-order chi connectivity index (χ1) is 11.7.